The van der Waals surface area contributed by atoms with Gasteiger partial charge in [-0.05, 0) is 25.0 Å². The number of carbonyl (C=O) groups excluding carboxylic acids is 3. The fourth-order valence-electron chi connectivity index (χ4n) is 3.88. The monoisotopic (exact) mass is 436 g/mol. The first kappa shape index (κ1) is 22.3. The van der Waals surface area contributed by atoms with E-state index in [0.29, 0.717) is 46.3 Å². The summed E-state index contributed by atoms with van der Waals surface area (Å²) in [5.74, 6) is -0.453. The second-order valence-corrected chi connectivity index (χ2v) is 8.25. The van der Waals surface area contributed by atoms with Crippen molar-refractivity contribution in [2.24, 2.45) is 5.92 Å². The van der Waals surface area contributed by atoms with Crippen molar-refractivity contribution in [3.8, 4) is 0 Å². The topological polar surface area (TPSA) is 71.4 Å². The molecule has 0 amide bonds. The number of ketones is 3. The first-order valence-electron chi connectivity index (χ1n) is 11.0. The van der Waals surface area contributed by atoms with Gasteiger partial charge < -0.3 is 5.11 Å². The summed E-state index contributed by atoms with van der Waals surface area (Å²) in [6.45, 7) is 1.85. The third kappa shape index (κ3) is 4.98. The van der Waals surface area contributed by atoms with E-state index in [0.717, 1.165) is 0 Å². The van der Waals surface area contributed by atoms with Crippen molar-refractivity contribution in [2.75, 3.05) is 0 Å². The molecule has 0 bridgehead atoms. The molecule has 4 heteroatoms. The standard InChI is InChI=1S/C29H24O4/c1-19-18-25(16-17-26(19)30)29(33)24-14-12-23(13-15-24)28(32)22-10-8-21(9-11-22)27(31)20-6-4-2-3-5-7-20/h2-6,8,10,12-19,26,30H,9,11H2,1H3/t19-,26?/m1/s1. The average molecular weight is 437 g/mol. The lowest BCUT2D eigenvalue weighted by Gasteiger charge is -2.17. The van der Waals surface area contributed by atoms with Gasteiger partial charge in [-0.25, -0.2) is 0 Å². The molecule has 1 aromatic carbocycles. The van der Waals surface area contributed by atoms with Gasteiger partial charge in [-0.3, -0.25) is 14.4 Å². The van der Waals surface area contributed by atoms with Gasteiger partial charge in [-0.15, -0.1) is 5.73 Å². The molecule has 2 atom stereocenters. The lowest BCUT2D eigenvalue weighted by molar-refractivity contribution is -0.112. The van der Waals surface area contributed by atoms with Crippen LogP contribution in [0.15, 0.2) is 113 Å². The van der Waals surface area contributed by atoms with Crippen LogP contribution in [-0.2, 0) is 4.79 Å². The number of carbonyl (C=O) groups is 3. The fraction of sp³-hybridized carbons (Fsp3) is 0.172. The van der Waals surface area contributed by atoms with Gasteiger partial charge >= 0.3 is 0 Å². The maximum absolute atomic E-state index is 12.9. The van der Waals surface area contributed by atoms with Crippen molar-refractivity contribution in [2.45, 2.75) is 25.9 Å². The molecule has 4 rings (SSSR count). The molecule has 0 aliphatic heterocycles. The van der Waals surface area contributed by atoms with Gasteiger partial charge in [-0.2, -0.15) is 0 Å². The first-order chi connectivity index (χ1) is 15.9. The maximum atomic E-state index is 12.9. The molecule has 0 saturated carbocycles. The second kappa shape index (κ2) is 9.74. The molecule has 0 fully saturated rings. The lowest BCUT2D eigenvalue weighted by atomic mass is 9.88. The van der Waals surface area contributed by atoms with Crippen LogP contribution in [0.4, 0.5) is 0 Å². The Morgan fingerprint density at radius 3 is 2.12 bits per heavy atom. The molecule has 33 heavy (non-hydrogen) atoms. The Hall–Kier alpha value is -3.85. The molecule has 4 nitrogen and oxygen atoms in total. The van der Waals surface area contributed by atoms with Crippen LogP contribution in [0.1, 0.15) is 40.5 Å². The van der Waals surface area contributed by atoms with Crippen molar-refractivity contribution in [3.05, 3.63) is 124 Å². The molecule has 164 valence electrons. The van der Waals surface area contributed by atoms with Crippen LogP contribution in [0.5, 0.6) is 0 Å². The van der Waals surface area contributed by atoms with Crippen molar-refractivity contribution < 1.29 is 19.5 Å². The average Bonchev–Trinajstić information content (AvgIpc) is 3.14. The molecular weight excluding hydrogens is 412 g/mol. The minimum atomic E-state index is -0.580. The zero-order chi connectivity index (χ0) is 23.4. The zero-order valence-electron chi connectivity index (χ0n) is 18.3. The highest BCUT2D eigenvalue weighted by Gasteiger charge is 2.21. The highest BCUT2D eigenvalue weighted by Crippen LogP contribution is 2.25. The van der Waals surface area contributed by atoms with Crippen LogP contribution in [0.3, 0.4) is 0 Å². The molecule has 3 aliphatic rings. The minimum Gasteiger partial charge on any atom is -0.388 e. The normalized spacial score (nSPS) is 21.5. The van der Waals surface area contributed by atoms with Crippen molar-refractivity contribution in [1.82, 2.24) is 0 Å². The van der Waals surface area contributed by atoms with Gasteiger partial charge in [0.15, 0.2) is 17.3 Å². The summed E-state index contributed by atoms with van der Waals surface area (Å²) in [5.41, 5.74) is 6.29. The summed E-state index contributed by atoms with van der Waals surface area (Å²) in [6, 6.07) is 6.62. The van der Waals surface area contributed by atoms with Crippen LogP contribution in [-0.4, -0.2) is 28.6 Å². The molecule has 1 unspecified atom stereocenters. The number of aliphatic hydroxyl groups excluding tert-OH is 1. The van der Waals surface area contributed by atoms with Crippen molar-refractivity contribution in [3.63, 3.8) is 0 Å². The van der Waals surface area contributed by atoms with Gasteiger partial charge in [0.25, 0.3) is 0 Å². The SMILES string of the molecule is C[C@@H]1C=C(C(=O)c2ccc(C(=O)C3=CC=C(C(=O)C4=C=CC=CC=C4)CC3)cc2)C=CC1O. The summed E-state index contributed by atoms with van der Waals surface area (Å²) in [6.07, 6.45) is 17.7. The largest absolute Gasteiger partial charge is 0.388 e. The molecule has 1 N–H and O–H groups in total. The van der Waals surface area contributed by atoms with Gasteiger partial charge in [0, 0.05) is 33.8 Å². The highest BCUT2D eigenvalue weighted by atomic mass is 16.3. The summed E-state index contributed by atoms with van der Waals surface area (Å²) in [5, 5.41) is 9.77. The summed E-state index contributed by atoms with van der Waals surface area (Å²) in [7, 11) is 0. The summed E-state index contributed by atoms with van der Waals surface area (Å²) < 4.78 is 0. The van der Waals surface area contributed by atoms with Gasteiger partial charge in [0.05, 0.1) is 11.7 Å². The third-order valence-electron chi connectivity index (χ3n) is 5.92. The van der Waals surface area contributed by atoms with Gasteiger partial charge in [0.1, 0.15) is 0 Å². The Morgan fingerprint density at radius 1 is 0.848 bits per heavy atom. The predicted molar refractivity (Wildman–Crippen MR) is 128 cm³/mol. The fourth-order valence-corrected chi connectivity index (χ4v) is 3.88. The number of aliphatic hydroxyl groups is 1. The van der Waals surface area contributed by atoms with E-state index in [1.807, 2.05) is 19.1 Å². The summed E-state index contributed by atoms with van der Waals surface area (Å²) >= 11 is 0. The zero-order valence-corrected chi connectivity index (χ0v) is 18.3. The predicted octanol–water partition coefficient (Wildman–Crippen LogP) is 4.97. The van der Waals surface area contributed by atoms with E-state index in [1.165, 1.54) is 0 Å². The van der Waals surface area contributed by atoms with E-state index in [1.54, 1.807) is 72.9 Å². The van der Waals surface area contributed by atoms with Crippen LogP contribution in [0.2, 0.25) is 0 Å². The molecule has 0 saturated heterocycles. The van der Waals surface area contributed by atoms with E-state index in [2.05, 4.69) is 5.73 Å². The maximum Gasteiger partial charge on any atom is 0.196 e. The smallest absolute Gasteiger partial charge is 0.196 e. The Labute approximate surface area is 193 Å². The van der Waals surface area contributed by atoms with Crippen LogP contribution in [0, 0.1) is 5.92 Å². The van der Waals surface area contributed by atoms with E-state index in [9.17, 15) is 19.5 Å². The van der Waals surface area contributed by atoms with E-state index < -0.39 is 6.10 Å². The number of rotatable bonds is 6. The highest BCUT2D eigenvalue weighted by molar-refractivity contribution is 6.14. The molecule has 0 spiro atoms. The Bertz CT molecular complexity index is 1250. The molecule has 0 heterocycles. The number of allylic oxidation sites excluding steroid dienone is 11. The molecule has 1 aromatic rings. The van der Waals surface area contributed by atoms with Gasteiger partial charge in [-0.1, -0.05) is 79.8 Å². The van der Waals surface area contributed by atoms with Crippen LogP contribution >= 0.6 is 0 Å². The Balaban J connectivity index is 1.46. The Morgan fingerprint density at radius 2 is 1.48 bits per heavy atom. The first-order valence-corrected chi connectivity index (χ1v) is 11.0. The van der Waals surface area contributed by atoms with Crippen LogP contribution < -0.4 is 0 Å². The van der Waals surface area contributed by atoms with Gasteiger partial charge in [0.2, 0.25) is 0 Å². The Kier molecular flexibility index (Phi) is 6.60. The molecule has 0 radical (unpaired) electrons. The molecular formula is C29H24O4. The van der Waals surface area contributed by atoms with E-state index >= 15 is 0 Å². The minimum absolute atomic E-state index is 0.0790. The van der Waals surface area contributed by atoms with E-state index in [-0.39, 0.29) is 23.3 Å². The quantitative estimate of drug-likeness (QED) is 0.505. The summed E-state index contributed by atoms with van der Waals surface area (Å²) in [4.78, 5) is 38.3. The number of hydrogen-bond donors (Lipinski definition) is 1. The van der Waals surface area contributed by atoms with Crippen molar-refractivity contribution >= 4 is 17.3 Å². The number of Topliss-reactive ketones (excluding diaryl/α,β-unsaturated/α-hetero) is 3. The second-order valence-electron chi connectivity index (χ2n) is 8.25. The third-order valence-corrected chi connectivity index (χ3v) is 5.92. The lowest BCUT2D eigenvalue weighted by Crippen LogP contribution is -2.18. The van der Waals surface area contributed by atoms with Crippen LogP contribution in [0.25, 0.3) is 0 Å². The number of hydrogen-bond acceptors (Lipinski definition) is 4. The van der Waals surface area contributed by atoms with Crippen molar-refractivity contribution in [1.29, 1.82) is 0 Å². The van der Waals surface area contributed by atoms with E-state index in [4.69, 9.17) is 0 Å². The number of benzene rings is 1. The molecule has 0 aromatic heterocycles. The molecule has 3 aliphatic carbocycles.